The molecule has 0 aliphatic carbocycles. The van der Waals surface area contributed by atoms with Crippen molar-refractivity contribution in [2.24, 2.45) is 0 Å². The molecule has 4 heteroatoms. The standard InChI is InChI=1S/C21H13ClFNO/c22-20-4-2-1-3-17(20)19-12-24(16-8-6-15(23)7-9-16)21-11-14(13-25)5-10-18(19)21/h1-13H. The molecule has 3 aromatic carbocycles. The molecule has 1 heterocycles. The van der Waals surface area contributed by atoms with Crippen LogP contribution in [0.25, 0.3) is 27.7 Å². The third-order valence-corrected chi connectivity index (χ3v) is 4.56. The van der Waals surface area contributed by atoms with Gasteiger partial charge in [0.1, 0.15) is 12.1 Å². The molecular formula is C21H13ClFNO. The molecule has 0 atom stereocenters. The fourth-order valence-corrected chi connectivity index (χ4v) is 3.26. The van der Waals surface area contributed by atoms with Gasteiger partial charge in [0.05, 0.1) is 5.52 Å². The Hall–Kier alpha value is -2.91. The number of hydrogen-bond acceptors (Lipinski definition) is 1. The molecule has 4 rings (SSSR count). The van der Waals surface area contributed by atoms with Crippen LogP contribution in [0.3, 0.4) is 0 Å². The molecule has 0 N–H and O–H groups in total. The van der Waals surface area contributed by atoms with Crippen LogP contribution in [0.15, 0.2) is 72.9 Å². The average molecular weight is 350 g/mol. The first-order valence-corrected chi connectivity index (χ1v) is 8.16. The zero-order chi connectivity index (χ0) is 17.4. The van der Waals surface area contributed by atoms with Crippen LogP contribution < -0.4 is 0 Å². The molecule has 0 spiro atoms. The van der Waals surface area contributed by atoms with Gasteiger partial charge in [-0.2, -0.15) is 0 Å². The minimum absolute atomic E-state index is 0.292. The second-order valence-corrected chi connectivity index (χ2v) is 6.17. The highest BCUT2D eigenvalue weighted by atomic mass is 35.5. The number of rotatable bonds is 3. The van der Waals surface area contributed by atoms with Gasteiger partial charge < -0.3 is 4.57 Å². The second-order valence-electron chi connectivity index (χ2n) is 5.76. The zero-order valence-electron chi connectivity index (χ0n) is 13.1. The van der Waals surface area contributed by atoms with Crippen LogP contribution in [0.2, 0.25) is 5.02 Å². The van der Waals surface area contributed by atoms with Crippen molar-refractivity contribution in [1.29, 1.82) is 0 Å². The topological polar surface area (TPSA) is 22.0 Å². The normalized spacial score (nSPS) is 11.0. The predicted octanol–water partition coefficient (Wildman–Crippen LogP) is 5.90. The SMILES string of the molecule is O=Cc1ccc2c(-c3ccccc3Cl)cn(-c3ccc(F)cc3)c2c1. The lowest BCUT2D eigenvalue weighted by Gasteiger charge is -2.05. The molecule has 0 bridgehead atoms. The van der Waals surface area contributed by atoms with Gasteiger partial charge in [0.15, 0.2) is 0 Å². The lowest BCUT2D eigenvalue weighted by molar-refractivity contribution is 0.112. The largest absolute Gasteiger partial charge is 0.316 e. The quantitative estimate of drug-likeness (QED) is 0.422. The van der Waals surface area contributed by atoms with Gasteiger partial charge in [-0.1, -0.05) is 41.9 Å². The summed E-state index contributed by atoms with van der Waals surface area (Å²) < 4.78 is 15.2. The third kappa shape index (κ3) is 2.73. The molecule has 4 aromatic rings. The number of halogens is 2. The van der Waals surface area contributed by atoms with Gasteiger partial charge >= 0.3 is 0 Å². The van der Waals surface area contributed by atoms with Crippen LogP contribution in [0, 0.1) is 5.82 Å². The molecule has 0 aliphatic heterocycles. The van der Waals surface area contributed by atoms with Crippen molar-refractivity contribution in [1.82, 2.24) is 4.57 Å². The maximum absolute atomic E-state index is 13.3. The third-order valence-electron chi connectivity index (χ3n) is 4.23. The molecule has 1 aromatic heterocycles. The lowest BCUT2D eigenvalue weighted by Crippen LogP contribution is -1.92. The van der Waals surface area contributed by atoms with Crippen molar-refractivity contribution >= 4 is 28.8 Å². The minimum atomic E-state index is -0.292. The summed E-state index contributed by atoms with van der Waals surface area (Å²) in [5.74, 6) is -0.292. The minimum Gasteiger partial charge on any atom is -0.316 e. The molecule has 0 radical (unpaired) electrons. The fourth-order valence-electron chi connectivity index (χ4n) is 3.03. The Morgan fingerprint density at radius 1 is 0.920 bits per heavy atom. The van der Waals surface area contributed by atoms with Gasteiger partial charge in [-0.25, -0.2) is 4.39 Å². The van der Waals surface area contributed by atoms with Crippen molar-refractivity contribution in [2.45, 2.75) is 0 Å². The van der Waals surface area contributed by atoms with E-state index in [-0.39, 0.29) is 5.82 Å². The zero-order valence-corrected chi connectivity index (χ0v) is 13.9. The Morgan fingerprint density at radius 3 is 2.40 bits per heavy atom. The molecule has 0 saturated heterocycles. The molecule has 0 fully saturated rings. The van der Waals surface area contributed by atoms with Gasteiger partial charge in [0.25, 0.3) is 0 Å². The lowest BCUT2D eigenvalue weighted by atomic mass is 10.0. The monoisotopic (exact) mass is 349 g/mol. The first kappa shape index (κ1) is 15.6. The summed E-state index contributed by atoms with van der Waals surface area (Å²) in [6.07, 6.45) is 2.78. The van der Waals surface area contributed by atoms with E-state index in [1.54, 1.807) is 18.2 Å². The van der Waals surface area contributed by atoms with Crippen LogP contribution in [-0.4, -0.2) is 10.9 Å². The van der Waals surface area contributed by atoms with Gasteiger partial charge in [0.2, 0.25) is 0 Å². The number of aldehydes is 1. The van der Waals surface area contributed by atoms with Crippen molar-refractivity contribution in [2.75, 3.05) is 0 Å². The van der Waals surface area contributed by atoms with Crippen LogP contribution in [0.1, 0.15) is 10.4 Å². The van der Waals surface area contributed by atoms with Gasteiger partial charge in [0, 0.05) is 39.0 Å². The highest BCUT2D eigenvalue weighted by Gasteiger charge is 2.14. The van der Waals surface area contributed by atoms with E-state index in [4.69, 9.17) is 11.6 Å². The number of nitrogens with zero attached hydrogens (tertiary/aromatic N) is 1. The molecule has 0 unspecified atom stereocenters. The average Bonchev–Trinajstić information content (AvgIpc) is 3.01. The van der Waals surface area contributed by atoms with Gasteiger partial charge in [-0.3, -0.25) is 4.79 Å². The Bertz CT molecular complexity index is 1080. The highest BCUT2D eigenvalue weighted by Crippen LogP contribution is 2.36. The van der Waals surface area contributed by atoms with Crippen molar-refractivity contribution in [3.05, 3.63) is 89.3 Å². The molecular weight excluding hydrogens is 337 g/mol. The van der Waals surface area contributed by atoms with E-state index in [0.717, 1.165) is 34.0 Å². The summed E-state index contributed by atoms with van der Waals surface area (Å²) in [4.78, 5) is 11.2. The summed E-state index contributed by atoms with van der Waals surface area (Å²) >= 11 is 6.38. The Balaban J connectivity index is 2.04. The highest BCUT2D eigenvalue weighted by molar-refractivity contribution is 6.33. The maximum atomic E-state index is 13.3. The second kappa shape index (κ2) is 6.19. The van der Waals surface area contributed by atoms with E-state index in [1.807, 2.05) is 47.2 Å². The van der Waals surface area contributed by atoms with Crippen LogP contribution >= 0.6 is 11.6 Å². The van der Waals surface area contributed by atoms with Crippen molar-refractivity contribution < 1.29 is 9.18 Å². The predicted molar refractivity (Wildman–Crippen MR) is 99.1 cm³/mol. The summed E-state index contributed by atoms with van der Waals surface area (Å²) in [6, 6.07) is 19.4. The molecule has 2 nitrogen and oxygen atoms in total. The smallest absolute Gasteiger partial charge is 0.150 e. The fraction of sp³-hybridized carbons (Fsp3) is 0. The molecule has 122 valence electrons. The molecule has 0 saturated carbocycles. The summed E-state index contributed by atoms with van der Waals surface area (Å²) in [5.41, 5.74) is 4.13. The number of hydrogen-bond donors (Lipinski definition) is 0. The van der Waals surface area contributed by atoms with E-state index in [2.05, 4.69) is 0 Å². The van der Waals surface area contributed by atoms with E-state index in [1.165, 1.54) is 12.1 Å². The summed E-state index contributed by atoms with van der Waals surface area (Å²) in [6.45, 7) is 0. The first-order chi connectivity index (χ1) is 12.2. The summed E-state index contributed by atoms with van der Waals surface area (Å²) in [7, 11) is 0. The molecule has 0 aliphatic rings. The molecule has 25 heavy (non-hydrogen) atoms. The molecule has 0 amide bonds. The number of fused-ring (bicyclic) bond motifs is 1. The van der Waals surface area contributed by atoms with Crippen LogP contribution in [0.4, 0.5) is 4.39 Å². The van der Waals surface area contributed by atoms with Crippen LogP contribution in [0.5, 0.6) is 0 Å². The number of benzene rings is 3. The van der Waals surface area contributed by atoms with E-state index in [9.17, 15) is 9.18 Å². The summed E-state index contributed by atoms with van der Waals surface area (Å²) in [5, 5.41) is 1.63. The van der Waals surface area contributed by atoms with Crippen molar-refractivity contribution in [3.63, 3.8) is 0 Å². The maximum Gasteiger partial charge on any atom is 0.150 e. The van der Waals surface area contributed by atoms with Gasteiger partial charge in [-0.15, -0.1) is 0 Å². The van der Waals surface area contributed by atoms with E-state index in [0.29, 0.717) is 10.6 Å². The Morgan fingerprint density at radius 2 is 1.68 bits per heavy atom. The van der Waals surface area contributed by atoms with Crippen LogP contribution in [-0.2, 0) is 0 Å². The number of carbonyl (C=O) groups excluding carboxylic acids is 1. The number of carbonyl (C=O) groups is 1. The van der Waals surface area contributed by atoms with E-state index < -0.39 is 0 Å². The van der Waals surface area contributed by atoms with Crippen molar-refractivity contribution in [3.8, 4) is 16.8 Å². The number of aromatic nitrogens is 1. The van der Waals surface area contributed by atoms with E-state index >= 15 is 0 Å². The van der Waals surface area contributed by atoms with Gasteiger partial charge in [-0.05, 0) is 36.4 Å². The Labute approximate surface area is 149 Å². The Kier molecular flexibility index (Phi) is 3.86. The first-order valence-electron chi connectivity index (χ1n) is 7.78.